The second kappa shape index (κ2) is 5.19. The van der Waals surface area contributed by atoms with Crippen LogP contribution in [0.1, 0.15) is 16.8 Å². The molecule has 4 rings (SSSR count). The maximum absolute atomic E-state index is 3.50. The summed E-state index contributed by atoms with van der Waals surface area (Å²) in [5, 5.41) is 3.89. The summed E-state index contributed by atoms with van der Waals surface area (Å²) in [4.78, 5) is 3.50. The van der Waals surface area contributed by atoms with E-state index in [4.69, 9.17) is 0 Å². The van der Waals surface area contributed by atoms with Crippen LogP contribution in [0.15, 0.2) is 66.7 Å². The van der Waals surface area contributed by atoms with Crippen LogP contribution in [0.5, 0.6) is 0 Å². The van der Waals surface area contributed by atoms with Gasteiger partial charge in [-0.15, -0.1) is 0 Å². The largest absolute Gasteiger partial charge is 0.358 e. The molecule has 22 heavy (non-hydrogen) atoms. The van der Waals surface area contributed by atoms with E-state index in [0.717, 1.165) is 0 Å². The van der Waals surface area contributed by atoms with Crippen LogP contribution in [-0.2, 0) is 0 Å². The second-order valence-corrected chi connectivity index (χ2v) is 5.62. The molecule has 0 aliphatic rings. The Balaban J connectivity index is 1.95. The maximum Gasteiger partial charge on any atom is 0.0468 e. The lowest BCUT2D eigenvalue weighted by Gasteiger charge is -2.01. The third-order valence-electron chi connectivity index (χ3n) is 4.17. The molecule has 4 aromatic rings. The molecule has 0 saturated heterocycles. The van der Waals surface area contributed by atoms with Crippen molar-refractivity contribution in [1.82, 2.24) is 4.98 Å². The van der Waals surface area contributed by atoms with Gasteiger partial charge < -0.3 is 4.98 Å². The van der Waals surface area contributed by atoms with Crippen LogP contribution in [-0.4, -0.2) is 4.98 Å². The number of fused-ring (bicyclic) bond motifs is 3. The Kier molecular flexibility index (Phi) is 3.05. The molecule has 106 valence electrons. The number of H-pyrrole nitrogens is 1. The average molecular weight is 283 g/mol. The summed E-state index contributed by atoms with van der Waals surface area (Å²) in [7, 11) is 0. The molecule has 0 aliphatic heterocycles. The van der Waals surface area contributed by atoms with Gasteiger partial charge in [0.1, 0.15) is 0 Å². The minimum Gasteiger partial charge on any atom is -0.358 e. The van der Waals surface area contributed by atoms with Gasteiger partial charge in [-0.25, -0.2) is 0 Å². The average Bonchev–Trinajstić information content (AvgIpc) is 2.90. The van der Waals surface area contributed by atoms with Crippen LogP contribution in [0.4, 0.5) is 0 Å². The van der Waals surface area contributed by atoms with E-state index in [2.05, 4.69) is 84.7 Å². The number of hydrogen-bond acceptors (Lipinski definition) is 0. The number of rotatable bonds is 2. The van der Waals surface area contributed by atoms with Gasteiger partial charge in [0.15, 0.2) is 0 Å². The van der Waals surface area contributed by atoms with E-state index in [1.807, 2.05) is 6.07 Å². The summed E-state index contributed by atoms with van der Waals surface area (Å²) in [6, 6.07) is 23.3. The Bertz CT molecular complexity index is 975. The molecule has 1 nitrogen and oxygen atoms in total. The van der Waals surface area contributed by atoms with Gasteiger partial charge in [-0.3, -0.25) is 0 Å². The van der Waals surface area contributed by atoms with E-state index in [0.29, 0.717) is 0 Å². The number of hydrogen-bond donors (Lipinski definition) is 1. The smallest absolute Gasteiger partial charge is 0.0468 e. The highest BCUT2D eigenvalue weighted by molar-refractivity contribution is 6.11. The van der Waals surface area contributed by atoms with Gasteiger partial charge in [-0.05, 0) is 29.3 Å². The maximum atomic E-state index is 3.50. The third-order valence-corrected chi connectivity index (χ3v) is 4.17. The minimum atomic E-state index is 1.20. The highest BCUT2D eigenvalue weighted by Gasteiger charge is 2.09. The lowest BCUT2D eigenvalue weighted by Crippen LogP contribution is -1.77. The molecule has 0 radical (unpaired) electrons. The van der Waals surface area contributed by atoms with Crippen molar-refractivity contribution in [2.45, 2.75) is 6.92 Å². The summed E-state index contributed by atoms with van der Waals surface area (Å²) in [5.74, 6) is 0. The fourth-order valence-corrected chi connectivity index (χ4v) is 3.07. The van der Waals surface area contributed by atoms with E-state index in [9.17, 15) is 0 Å². The molecule has 1 heterocycles. The first-order valence-corrected chi connectivity index (χ1v) is 7.56. The fourth-order valence-electron chi connectivity index (χ4n) is 3.07. The Morgan fingerprint density at radius 1 is 0.773 bits per heavy atom. The topological polar surface area (TPSA) is 15.8 Å². The second-order valence-electron chi connectivity index (χ2n) is 5.62. The first-order valence-electron chi connectivity index (χ1n) is 7.56. The van der Waals surface area contributed by atoms with E-state index in [-0.39, 0.29) is 0 Å². The molecule has 1 aromatic heterocycles. The van der Waals surface area contributed by atoms with Gasteiger partial charge in [0, 0.05) is 22.2 Å². The SMILES string of the molecule is Cc1[nH]c2ccc3ccccc3c2c1/C=C/c1ccccc1. The monoisotopic (exact) mass is 283 g/mol. The standard InChI is InChI=1S/C21H17N/c1-15-18(13-11-16-7-3-2-4-8-16)21-19-10-6-5-9-17(19)12-14-20(21)22-15/h2-14,22H,1H3/b13-11+. The summed E-state index contributed by atoms with van der Waals surface area (Å²) in [5.41, 5.74) is 4.90. The zero-order chi connectivity index (χ0) is 14.9. The quantitative estimate of drug-likeness (QED) is 0.478. The Labute approximate surface area is 129 Å². The summed E-state index contributed by atoms with van der Waals surface area (Å²) in [6.07, 6.45) is 4.40. The Morgan fingerprint density at radius 3 is 2.41 bits per heavy atom. The molecular formula is C21H17N. The van der Waals surface area contributed by atoms with Crippen molar-refractivity contribution in [3.05, 3.63) is 83.6 Å². The molecule has 0 bridgehead atoms. The first-order chi connectivity index (χ1) is 10.8. The summed E-state index contributed by atoms with van der Waals surface area (Å²) >= 11 is 0. The predicted molar refractivity (Wildman–Crippen MR) is 95.9 cm³/mol. The van der Waals surface area contributed by atoms with Gasteiger partial charge >= 0.3 is 0 Å². The number of aromatic nitrogens is 1. The molecule has 0 spiro atoms. The van der Waals surface area contributed by atoms with Crippen molar-refractivity contribution < 1.29 is 0 Å². The highest BCUT2D eigenvalue weighted by Crippen LogP contribution is 2.31. The molecule has 1 heteroatoms. The molecule has 0 amide bonds. The number of nitrogens with one attached hydrogen (secondary N) is 1. The molecule has 0 aliphatic carbocycles. The molecule has 0 fully saturated rings. The van der Waals surface area contributed by atoms with Crippen LogP contribution in [0.3, 0.4) is 0 Å². The van der Waals surface area contributed by atoms with Gasteiger partial charge in [-0.2, -0.15) is 0 Å². The molecule has 0 saturated carbocycles. The normalized spacial score (nSPS) is 11.7. The van der Waals surface area contributed by atoms with Gasteiger partial charge in [0.2, 0.25) is 0 Å². The van der Waals surface area contributed by atoms with Crippen LogP contribution in [0.2, 0.25) is 0 Å². The summed E-state index contributed by atoms with van der Waals surface area (Å²) < 4.78 is 0. The number of aryl methyl sites for hydroxylation is 1. The van der Waals surface area contributed by atoms with E-state index < -0.39 is 0 Å². The van der Waals surface area contributed by atoms with Gasteiger partial charge in [0.05, 0.1) is 0 Å². The number of benzene rings is 3. The predicted octanol–water partition coefficient (Wildman–Crippen LogP) is 5.80. The zero-order valence-corrected chi connectivity index (χ0v) is 12.5. The zero-order valence-electron chi connectivity index (χ0n) is 12.5. The van der Waals surface area contributed by atoms with Crippen molar-refractivity contribution in [2.75, 3.05) is 0 Å². The molecular weight excluding hydrogens is 266 g/mol. The fraction of sp³-hybridized carbons (Fsp3) is 0.0476. The van der Waals surface area contributed by atoms with Crippen molar-refractivity contribution in [3.8, 4) is 0 Å². The molecule has 3 aromatic carbocycles. The Morgan fingerprint density at radius 2 is 1.55 bits per heavy atom. The molecule has 0 unspecified atom stereocenters. The van der Waals surface area contributed by atoms with Crippen molar-refractivity contribution in [2.24, 2.45) is 0 Å². The highest BCUT2D eigenvalue weighted by atomic mass is 14.7. The number of aromatic amines is 1. The van der Waals surface area contributed by atoms with E-state index in [1.165, 1.54) is 38.5 Å². The molecule has 1 N–H and O–H groups in total. The first kappa shape index (κ1) is 12.9. The van der Waals surface area contributed by atoms with Crippen LogP contribution in [0, 0.1) is 6.92 Å². The van der Waals surface area contributed by atoms with Crippen LogP contribution < -0.4 is 0 Å². The Hall–Kier alpha value is -2.80. The van der Waals surface area contributed by atoms with Crippen molar-refractivity contribution >= 4 is 33.8 Å². The lowest BCUT2D eigenvalue weighted by molar-refractivity contribution is 1.29. The minimum absolute atomic E-state index is 1.20. The van der Waals surface area contributed by atoms with Crippen molar-refractivity contribution in [1.29, 1.82) is 0 Å². The summed E-state index contributed by atoms with van der Waals surface area (Å²) in [6.45, 7) is 2.14. The van der Waals surface area contributed by atoms with Gasteiger partial charge in [-0.1, -0.05) is 72.8 Å². The van der Waals surface area contributed by atoms with E-state index >= 15 is 0 Å². The van der Waals surface area contributed by atoms with Gasteiger partial charge in [0.25, 0.3) is 0 Å². The van der Waals surface area contributed by atoms with E-state index in [1.54, 1.807) is 0 Å². The van der Waals surface area contributed by atoms with Crippen molar-refractivity contribution in [3.63, 3.8) is 0 Å². The van der Waals surface area contributed by atoms with Crippen LogP contribution in [0.25, 0.3) is 33.8 Å². The molecule has 0 atom stereocenters. The van der Waals surface area contributed by atoms with Crippen LogP contribution >= 0.6 is 0 Å². The lowest BCUT2D eigenvalue weighted by atomic mass is 10.0. The third kappa shape index (κ3) is 2.11.